The number of amides is 1. The minimum atomic E-state index is 0.0798. The minimum absolute atomic E-state index is 0.0798. The molecule has 1 fully saturated rings. The summed E-state index contributed by atoms with van der Waals surface area (Å²) >= 11 is 1.44. The van der Waals surface area contributed by atoms with Crippen molar-refractivity contribution < 1.29 is 4.79 Å². The highest BCUT2D eigenvalue weighted by atomic mass is 32.2. The second-order valence-electron chi connectivity index (χ2n) is 6.93. The van der Waals surface area contributed by atoms with Gasteiger partial charge in [0.25, 0.3) is 0 Å². The zero-order chi connectivity index (χ0) is 17.8. The van der Waals surface area contributed by atoms with Gasteiger partial charge in [0.2, 0.25) is 5.91 Å². The van der Waals surface area contributed by atoms with Crippen LogP contribution in [0.2, 0.25) is 0 Å². The van der Waals surface area contributed by atoms with Crippen molar-refractivity contribution in [3.63, 3.8) is 0 Å². The van der Waals surface area contributed by atoms with Gasteiger partial charge in [0.05, 0.1) is 5.75 Å². The second kappa shape index (κ2) is 8.04. The van der Waals surface area contributed by atoms with Crippen LogP contribution < -0.4 is 5.32 Å². The molecule has 0 bridgehead atoms. The van der Waals surface area contributed by atoms with E-state index in [1.54, 1.807) is 0 Å². The third-order valence-corrected chi connectivity index (χ3v) is 6.12. The van der Waals surface area contributed by atoms with E-state index in [0.717, 1.165) is 23.1 Å². The molecule has 1 N–H and O–H groups in total. The fraction of sp³-hybridized carbons (Fsp3) is 0.526. The third-order valence-electron chi connectivity index (χ3n) is 5.20. The molecule has 0 radical (unpaired) electrons. The van der Waals surface area contributed by atoms with E-state index in [9.17, 15) is 4.79 Å². The molecule has 1 heterocycles. The summed E-state index contributed by atoms with van der Waals surface area (Å²) in [5.74, 6) is 2.48. The van der Waals surface area contributed by atoms with Crippen LogP contribution >= 0.6 is 11.8 Å². The molecule has 2 aromatic rings. The Kier molecular flexibility index (Phi) is 5.78. The molecule has 0 unspecified atom stereocenters. The van der Waals surface area contributed by atoms with Crippen molar-refractivity contribution in [2.45, 2.75) is 51.2 Å². The molecule has 5 nitrogen and oxygen atoms in total. The van der Waals surface area contributed by atoms with Gasteiger partial charge in [0, 0.05) is 11.7 Å². The zero-order valence-corrected chi connectivity index (χ0v) is 15.9. The van der Waals surface area contributed by atoms with Crippen molar-refractivity contribution in [3.05, 3.63) is 36.2 Å². The molecule has 25 heavy (non-hydrogen) atoms. The molecule has 1 aromatic heterocycles. The number of nitrogens with one attached hydrogen (secondary N) is 1. The summed E-state index contributed by atoms with van der Waals surface area (Å²) in [5.41, 5.74) is 1.02. The van der Waals surface area contributed by atoms with Crippen LogP contribution in [0.25, 0.3) is 5.69 Å². The van der Waals surface area contributed by atoms with E-state index >= 15 is 0 Å². The molecule has 134 valence electrons. The maximum Gasteiger partial charge on any atom is 0.230 e. The summed E-state index contributed by atoms with van der Waals surface area (Å²) in [4.78, 5) is 12.4. The fourth-order valence-electron chi connectivity index (χ4n) is 3.48. The van der Waals surface area contributed by atoms with E-state index in [1.165, 1.54) is 24.6 Å². The van der Waals surface area contributed by atoms with E-state index in [1.807, 2.05) is 41.8 Å². The Hall–Kier alpha value is -1.82. The highest BCUT2D eigenvalue weighted by molar-refractivity contribution is 7.99. The number of nitrogens with zero attached hydrogens (tertiary/aromatic N) is 3. The highest BCUT2D eigenvalue weighted by Crippen LogP contribution is 2.29. The van der Waals surface area contributed by atoms with Crippen LogP contribution in [0.4, 0.5) is 0 Å². The van der Waals surface area contributed by atoms with Crippen LogP contribution in [0.5, 0.6) is 0 Å². The molecule has 6 heteroatoms. The van der Waals surface area contributed by atoms with Crippen molar-refractivity contribution in [1.29, 1.82) is 0 Å². The molecule has 1 aliphatic carbocycles. The van der Waals surface area contributed by atoms with Gasteiger partial charge in [-0.1, -0.05) is 56.7 Å². The predicted octanol–water partition coefficient (Wildman–Crippen LogP) is 3.61. The molecule has 1 amide bonds. The first-order valence-electron chi connectivity index (χ1n) is 8.96. The quantitative estimate of drug-likeness (QED) is 0.830. The van der Waals surface area contributed by atoms with E-state index in [2.05, 4.69) is 29.4 Å². The van der Waals surface area contributed by atoms with Crippen molar-refractivity contribution in [3.8, 4) is 5.69 Å². The topological polar surface area (TPSA) is 59.8 Å². The van der Waals surface area contributed by atoms with Gasteiger partial charge in [-0.15, -0.1) is 10.2 Å². The van der Waals surface area contributed by atoms with Crippen molar-refractivity contribution in [2.24, 2.45) is 11.8 Å². The Morgan fingerprint density at radius 3 is 2.76 bits per heavy atom. The number of para-hydroxylation sites is 1. The Morgan fingerprint density at radius 1 is 1.24 bits per heavy atom. The Balaban J connectivity index is 1.62. The van der Waals surface area contributed by atoms with Gasteiger partial charge in [0.15, 0.2) is 5.16 Å². The Labute approximate surface area is 153 Å². The first-order chi connectivity index (χ1) is 12.1. The van der Waals surface area contributed by atoms with Crippen LogP contribution in [0.3, 0.4) is 0 Å². The van der Waals surface area contributed by atoms with Crippen LogP contribution in [0.15, 0.2) is 35.5 Å². The van der Waals surface area contributed by atoms with Gasteiger partial charge >= 0.3 is 0 Å². The SMILES string of the molecule is Cc1nnc(SCC(=O)N[C@@H]2CCC[C@@H](C)[C@@H]2C)n1-c1ccccc1. The largest absolute Gasteiger partial charge is 0.352 e. The van der Waals surface area contributed by atoms with E-state index < -0.39 is 0 Å². The number of benzene rings is 1. The molecule has 0 aliphatic heterocycles. The van der Waals surface area contributed by atoms with E-state index in [-0.39, 0.29) is 5.91 Å². The summed E-state index contributed by atoms with van der Waals surface area (Å²) in [6, 6.07) is 10.3. The lowest BCUT2D eigenvalue weighted by molar-refractivity contribution is -0.120. The number of rotatable bonds is 5. The molecule has 3 atom stereocenters. The van der Waals surface area contributed by atoms with Gasteiger partial charge < -0.3 is 5.32 Å². The number of aryl methyl sites for hydroxylation is 1. The molecule has 1 saturated carbocycles. The Morgan fingerprint density at radius 2 is 2.00 bits per heavy atom. The predicted molar refractivity (Wildman–Crippen MR) is 101 cm³/mol. The standard InChI is InChI=1S/C19H26N4OS/c1-13-8-7-11-17(14(13)2)20-18(24)12-25-19-22-21-15(3)23(19)16-9-5-4-6-10-16/h4-6,9-10,13-14,17H,7-8,11-12H2,1-3H3,(H,20,24)/t13-,14+,17-/m1/s1. The van der Waals surface area contributed by atoms with E-state index in [0.29, 0.717) is 23.6 Å². The van der Waals surface area contributed by atoms with Gasteiger partial charge in [-0.3, -0.25) is 9.36 Å². The fourth-order valence-corrected chi connectivity index (χ4v) is 4.28. The van der Waals surface area contributed by atoms with Gasteiger partial charge in [-0.25, -0.2) is 0 Å². The van der Waals surface area contributed by atoms with Crippen molar-refractivity contribution in [1.82, 2.24) is 20.1 Å². The van der Waals surface area contributed by atoms with Crippen LogP contribution in [-0.2, 0) is 4.79 Å². The first-order valence-corrected chi connectivity index (χ1v) is 9.94. The van der Waals surface area contributed by atoms with Gasteiger partial charge in [-0.2, -0.15) is 0 Å². The number of aromatic nitrogens is 3. The smallest absolute Gasteiger partial charge is 0.230 e. The highest BCUT2D eigenvalue weighted by Gasteiger charge is 2.28. The summed E-state index contributed by atoms with van der Waals surface area (Å²) in [6.07, 6.45) is 3.55. The molecule has 0 spiro atoms. The average Bonchev–Trinajstić information content (AvgIpc) is 2.98. The molecule has 1 aromatic carbocycles. The molecule has 3 rings (SSSR count). The summed E-state index contributed by atoms with van der Waals surface area (Å²) in [6.45, 7) is 6.45. The lowest BCUT2D eigenvalue weighted by Crippen LogP contribution is -2.44. The summed E-state index contributed by atoms with van der Waals surface area (Å²) in [7, 11) is 0. The lowest BCUT2D eigenvalue weighted by Gasteiger charge is -2.34. The average molecular weight is 359 g/mol. The minimum Gasteiger partial charge on any atom is -0.352 e. The summed E-state index contributed by atoms with van der Waals surface area (Å²) in [5, 5.41) is 12.4. The van der Waals surface area contributed by atoms with Crippen LogP contribution in [-0.4, -0.2) is 32.5 Å². The molecular weight excluding hydrogens is 332 g/mol. The normalized spacial score (nSPS) is 23.4. The van der Waals surface area contributed by atoms with Gasteiger partial charge in [-0.05, 0) is 37.3 Å². The van der Waals surface area contributed by atoms with Crippen LogP contribution in [0.1, 0.15) is 38.9 Å². The molecule has 1 aliphatic rings. The van der Waals surface area contributed by atoms with Crippen molar-refractivity contribution >= 4 is 17.7 Å². The van der Waals surface area contributed by atoms with Crippen LogP contribution in [0, 0.1) is 18.8 Å². The lowest BCUT2D eigenvalue weighted by atomic mass is 9.78. The van der Waals surface area contributed by atoms with Gasteiger partial charge in [0.1, 0.15) is 5.82 Å². The second-order valence-corrected chi connectivity index (χ2v) is 7.87. The first kappa shape index (κ1) is 18.0. The van der Waals surface area contributed by atoms with E-state index in [4.69, 9.17) is 0 Å². The maximum absolute atomic E-state index is 12.4. The Bertz CT molecular complexity index is 715. The number of thioether (sulfide) groups is 1. The monoisotopic (exact) mass is 358 g/mol. The summed E-state index contributed by atoms with van der Waals surface area (Å²) < 4.78 is 1.99. The third kappa shape index (κ3) is 4.24. The number of carbonyl (C=O) groups excluding carboxylic acids is 1. The van der Waals surface area contributed by atoms with Crippen molar-refractivity contribution in [2.75, 3.05) is 5.75 Å². The number of hydrogen-bond acceptors (Lipinski definition) is 4. The number of carbonyl (C=O) groups is 1. The number of hydrogen-bond donors (Lipinski definition) is 1. The molecule has 0 saturated heterocycles. The molecular formula is C19H26N4OS. The zero-order valence-electron chi connectivity index (χ0n) is 15.1. The maximum atomic E-state index is 12.4.